The number of carbonyl (C=O) groups excluding carboxylic acids is 1. The van der Waals surface area contributed by atoms with Gasteiger partial charge in [-0.1, -0.05) is 13.8 Å². The van der Waals surface area contributed by atoms with E-state index in [1.807, 2.05) is 0 Å². The molecule has 0 fully saturated rings. The summed E-state index contributed by atoms with van der Waals surface area (Å²) < 4.78 is 0. The van der Waals surface area contributed by atoms with Crippen LogP contribution in [0.15, 0.2) is 12.3 Å². The molecule has 94 valence electrons. The molecular weight excluding hydrogens is 222 g/mol. The van der Waals surface area contributed by atoms with Gasteiger partial charge in [0, 0.05) is 12.5 Å². The van der Waals surface area contributed by atoms with Crippen molar-refractivity contribution in [2.75, 3.05) is 5.32 Å². The number of carboxylic acid groups (broad SMARTS) is 1. The van der Waals surface area contributed by atoms with Gasteiger partial charge < -0.3 is 10.4 Å². The Morgan fingerprint density at radius 1 is 1.59 bits per heavy atom. The van der Waals surface area contributed by atoms with Gasteiger partial charge in [-0.05, 0) is 12.8 Å². The molecule has 0 bridgehead atoms. The van der Waals surface area contributed by atoms with Crippen molar-refractivity contribution in [1.29, 1.82) is 0 Å². The summed E-state index contributed by atoms with van der Waals surface area (Å²) in [5.74, 6) is -0.973. The summed E-state index contributed by atoms with van der Waals surface area (Å²) in [6, 6.07) is 1.60. The van der Waals surface area contributed by atoms with Gasteiger partial charge in [-0.3, -0.25) is 14.7 Å². The molecule has 6 nitrogen and oxygen atoms in total. The zero-order chi connectivity index (χ0) is 13.1. The van der Waals surface area contributed by atoms with Crippen LogP contribution < -0.4 is 5.32 Å². The molecule has 1 atom stereocenters. The second-order valence-corrected chi connectivity index (χ2v) is 4.57. The van der Waals surface area contributed by atoms with Gasteiger partial charge in [-0.2, -0.15) is 5.10 Å². The number of hydrogen-bond acceptors (Lipinski definition) is 3. The second kappa shape index (κ2) is 4.99. The maximum Gasteiger partial charge on any atom is 0.310 e. The van der Waals surface area contributed by atoms with Crippen LogP contribution in [0.25, 0.3) is 0 Å². The molecular formula is C11H17N3O3. The molecule has 1 unspecified atom stereocenters. The number of aromatic nitrogens is 2. The number of nitrogens with zero attached hydrogens (tertiary/aromatic N) is 1. The molecule has 3 N–H and O–H groups in total. The van der Waals surface area contributed by atoms with E-state index in [4.69, 9.17) is 0 Å². The Hall–Kier alpha value is -1.85. The number of hydrogen-bond donors (Lipinski definition) is 3. The van der Waals surface area contributed by atoms with Crippen LogP contribution in [0.5, 0.6) is 0 Å². The Labute approximate surface area is 99.4 Å². The minimum Gasteiger partial charge on any atom is -0.481 e. The van der Waals surface area contributed by atoms with Gasteiger partial charge >= 0.3 is 5.97 Å². The van der Waals surface area contributed by atoms with Crippen molar-refractivity contribution in [2.45, 2.75) is 27.2 Å². The fraction of sp³-hybridized carbons (Fsp3) is 0.545. The van der Waals surface area contributed by atoms with E-state index in [-0.39, 0.29) is 18.2 Å². The van der Waals surface area contributed by atoms with Crippen LogP contribution in [0.1, 0.15) is 27.2 Å². The maximum absolute atomic E-state index is 11.7. The number of carbonyl (C=O) groups is 2. The first-order valence-corrected chi connectivity index (χ1v) is 5.39. The van der Waals surface area contributed by atoms with E-state index >= 15 is 0 Å². The highest BCUT2D eigenvalue weighted by atomic mass is 16.4. The average molecular weight is 239 g/mol. The third-order valence-corrected chi connectivity index (χ3v) is 3.07. The summed E-state index contributed by atoms with van der Waals surface area (Å²) in [6.45, 7) is 5.15. The van der Waals surface area contributed by atoms with Crippen molar-refractivity contribution < 1.29 is 14.7 Å². The predicted octanol–water partition coefficient (Wildman–Crippen LogP) is 1.49. The Balaban J connectivity index is 2.69. The molecule has 6 heteroatoms. The maximum atomic E-state index is 11.7. The molecule has 0 spiro atoms. The van der Waals surface area contributed by atoms with Gasteiger partial charge in [0.25, 0.3) is 0 Å². The number of aromatic amines is 1. The normalized spacial score (nSPS) is 14.4. The van der Waals surface area contributed by atoms with Crippen molar-refractivity contribution in [2.24, 2.45) is 11.3 Å². The average Bonchev–Trinajstić information content (AvgIpc) is 2.69. The number of nitrogens with one attached hydrogen (secondary N) is 2. The van der Waals surface area contributed by atoms with Crippen molar-refractivity contribution >= 4 is 17.7 Å². The third kappa shape index (κ3) is 3.05. The zero-order valence-electron chi connectivity index (χ0n) is 10.2. The van der Waals surface area contributed by atoms with E-state index in [0.29, 0.717) is 5.82 Å². The lowest BCUT2D eigenvalue weighted by Crippen LogP contribution is -2.37. The van der Waals surface area contributed by atoms with Crippen LogP contribution in [0, 0.1) is 11.3 Å². The molecule has 0 saturated heterocycles. The Morgan fingerprint density at radius 3 is 2.65 bits per heavy atom. The molecule has 17 heavy (non-hydrogen) atoms. The lowest BCUT2D eigenvalue weighted by atomic mass is 9.76. The van der Waals surface area contributed by atoms with E-state index in [9.17, 15) is 14.7 Å². The molecule has 0 aliphatic heterocycles. The van der Waals surface area contributed by atoms with Gasteiger partial charge in [0.1, 0.15) is 5.82 Å². The first kappa shape index (κ1) is 13.2. The van der Waals surface area contributed by atoms with Gasteiger partial charge in [-0.15, -0.1) is 0 Å². The van der Waals surface area contributed by atoms with Crippen LogP contribution in [0.4, 0.5) is 5.82 Å². The van der Waals surface area contributed by atoms with Crippen molar-refractivity contribution in [3.05, 3.63) is 12.3 Å². The molecule has 0 radical (unpaired) electrons. The molecule has 1 amide bonds. The fourth-order valence-corrected chi connectivity index (χ4v) is 1.38. The van der Waals surface area contributed by atoms with Crippen LogP contribution in [0.2, 0.25) is 0 Å². The van der Waals surface area contributed by atoms with Crippen molar-refractivity contribution in [3.63, 3.8) is 0 Å². The number of H-pyrrole nitrogens is 1. The lowest BCUT2D eigenvalue weighted by molar-refractivity contribution is -0.153. The quantitative estimate of drug-likeness (QED) is 0.725. The monoisotopic (exact) mass is 239 g/mol. The fourth-order valence-electron chi connectivity index (χ4n) is 1.38. The number of carboxylic acids is 1. The lowest BCUT2D eigenvalue weighted by Gasteiger charge is -2.28. The molecule has 1 aromatic heterocycles. The van der Waals surface area contributed by atoms with E-state index < -0.39 is 11.4 Å². The molecule has 1 aromatic rings. The summed E-state index contributed by atoms with van der Waals surface area (Å²) in [6.07, 6.45) is 1.44. The summed E-state index contributed by atoms with van der Waals surface area (Å²) in [5, 5.41) is 18.0. The standard InChI is InChI=1S/C11H17N3O3/c1-7(2)11(3,10(16)17)6-9(15)13-8-4-5-12-14-8/h4-5,7H,6H2,1-3H3,(H,16,17)(H2,12,13,14,15). The number of aliphatic carboxylic acids is 1. The summed E-state index contributed by atoms with van der Waals surface area (Å²) in [5.41, 5.74) is -1.07. The van der Waals surface area contributed by atoms with Crippen molar-refractivity contribution in [1.82, 2.24) is 10.2 Å². The highest BCUT2D eigenvalue weighted by Gasteiger charge is 2.38. The molecule has 0 saturated carbocycles. The minimum absolute atomic E-state index is 0.0704. The first-order chi connectivity index (χ1) is 7.86. The van der Waals surface area contributed by atoms with Gasteiger partial charge in [-0.25, -0.2) is 0 Å². The zero-order valence-corrected chi connectivity index (χ0v) is 10.2. The SMILES string of the molecule is CC(C)C(C)(CC(=O)Nc1ccn[nH]1)C(=O)O. The second-order valence-electron chi connectivity index (χ2n) is 4.57. The Morgan fingerprint density at radius 2 is 2.24 bits per heavy atom. The first-order valence-electron chi connectivity index (χ1n) is 5.39. The Kier molecular flexibility index (Phi) is 3.88. The molecule has 0 aliphatic rings. The molecule has 1 heterocycles. The molecule has 1 rings (SSSR count). The van der Waals surface area contributed by atoms with Gasteiger partial charge in [0.05, 0.1) is 11.6 Å². The van der Waals surface area contributed by atoms with Crippen molar-refractivity contribution in [3.8, 4) is 0 Å². The number of amides is 1. The smallest absolute Gasteiger partial charge is 0.310 e. The Bertz CT molecular complexity index is 400. The van der Waals surface area contributed by atoms with Crippen LogP contribution in [-0.4, -0.2) is 27.2 Å². The van der Waals surface area contributed by atoms with E-state index in [0.717, 1.165) is 0 Å². The van der Waals surface area contributed by atoms with Gasteiger partial charge in [0.15, 0.2) is 0 Å². The number of rotatable bonds is 5. The van der Waals surface area contributed by atoms with E-state index in [1.54, 1.807) is 26.8 Å². The minimum atomic E-state index is -1.07. The number of anilines is 1. The molecule has 0 aromatic carbocycles. The highest BCUT2D eigenvalue weighted by Crippen LogP contribution is 2.31. The third-order valence-electron chi connectivity index (χ3n) is 3.07. The van der Waals surface area contributed by atoms with Gasteiger partial charge in [0.2, 0.25) is 5.91 Å². The largest absolute Gasteiger partial charge is 0.481 e. The highest BCUT2D eigenvalue weighted by molar-refractivity contribution is 5.93. The predicted molar refractivity (Wildman–Crippen MR) is 62.4 cm³/mol. The van der Waals surface area contributed by atoms with Crippen LogP contribution in [0.3, 0.4) is 0 Å². The summed E-state index contributed by atoms with van der Waals surface area (Å²) >= 11 is 0. The topological polar surface area (TPSA) is 95.1 Å². The van der Waals surface area contributed by atoms with Crippen LogP contribution >= 0.6 is 0 Å². The van der Waals surface area contributed by atoms with E-state index in [1.165, 1.54) is 6.20 Å². The summed E-state index contributed by atoms with van der Waals surface area (Å²) in [4.78, 5) is 22.9. The molecule has 0 aliphatic carbocycles. The summed E-state index contributed by atoms with van der Waals surface area (Å²) in [7, 11) is 0. The van der Waals surface area contributed by atoms with E-state index in [2.05, 4.69) is 15.5 Å². The van der Waals surface area contributed by atoms with Crippen LogP contribution in [-0.2, 0) is 9.59 Å².